The maximum Gasteiger partial charge on any atom is 0.250 e. The van der Waals surface area contributed by atoms with Crippen LogP contribution in [0.1, 0.15) is 34.7 Å². The van der Waals surface area contributed by atoms with Gasteiger partial charge in [0.15, 0.2) is 5.11 Å². The molecule has 3 aromatic rings. The summed E-state index contributed by atoms with van der Waals surface area (Å²) in [7, 11) is 5.11. The smallest absolute Gasteiger partial charge is 0.250 e. The molecule has 3 heterocycles. The molecule has 2 atom stereocenters. The second kappa shape index (κ2) is 9.82. The molecule has 2 aromatic heterocycles. The number of aromatic nitrogens is 2. The van der Waals surface area contributed by atoms with Crippen molar-refractivity contribution in [1.29, 1.82) is 0 Å². The van der Waals surface area contributed by atoms with E-state index >= 15 is 0 Å². The van der Waals surface area contributed by atoms with E-state index in [0.717, 1.165) is 28.3 Å². The summed E-state index contributed by atoms with van der Waals surface area (Å²) in [4.78, 5) is 18.9. The number of methoxy groups -OCH3 is 2. The topological polar surface area (TPSA) is 80.7 Å². The number of nitrogens with zero attached hydrogens (tertiary/aromatic N) is 3. The monoisotopic (exact) mass is 479 g/mol. The molecule has 0 radical (unpaired) electrons. The van der Waals surface area contributed by atoms with Crippen LogP contribution in [-0.2, 0) is 16.6 Å². The van der Waals surface area contributed by atoms with Crippen molar-refractivity contribution in [2.24, 2.45) is 7.05 Å². The molecule has 1 amide bonds. The molecule has 0 aliphatic carbocycles. The second-order valence-electron chi connectivity index (χ2n) is 8.25. The van der Waals surface area contributed by atoms with Crippen molar-refractivity contribution in [2.75, 3.05) is 31.0 Å². The molecule has 178 valence electrons. The fraction of sp³-hybridized carbons (Fsp3) is 0.320. The summed E-state index contributed by atoms with van der Waals surface area (Å²) < 4.78 is 12.6. The number of anilines is 2. The largest absolute Gasteiger partial charge is 0.495 e. The van der Waals surface area contributed by atoms with E-state index in [1.807, 2.05) is 36.4 Å². The van der Waals surface area contributed by atoms with E-state index in [-0.39, 0.29) is 24.6 Å². The van der Waals surface area contributed by atoms with Gasteiger partial charge in [-0.05, 0) is 68.0 Å². The van der Waals surface area contributed by atoms with Crippen LogP contribution in [0.25, 0.3) is 0 Å². The average Bonchev–Trinajstić information content (AvgIpc) is 3.30. The lowest BCUT2D eigenvalue weighted by atomic mass is 9.96. The molecule has 1 fully saturated rings. The fourth-order valence-corrected chi connectivity index (χ4v) is 4.74. The van der Waals surface area contributed by atoms with E-state index in [9.17, 15) is 4.79 Å². The van der Waals surface area contributed by atoms with Crippen molar-refractivity contribution in [1.82, 2.24) is 14.9 Å². The van der Waals surface area contributed by atoms with Crippen LogP contribution in [0.5, 0.6) is 5.75 Å². The Morgan fingerprint density at radius 1 is 1.21 bits per heavy atom. The molecule has 2 unspecified atom stereocenters. The number of aryl methyl sites for hydroxylation is 1. The lowest BCUT2D eigenvalue weighted by molar-refractivity contribution is -0.119. The minimum atomic E-state index is -0.266. The van der Waals surface area contributed by atoms with Crippen LogP contribution in [-0.4, -0.2) is 41.4 Å². The molecule has 9 heteroatoms. The first-order valence-corrected chi connectivity index (χ1v) is 11.4. The summed E-state index contributed by atoms with van der Waals surface area (Å²) in [5, 5.41) is 6.93. The van der Waals surface area contributed by atoms with Gasteiger partial charge in [0.05, 0.1) is 30.6 Å². The first kappa shape index (κ1) is 23.7. The van der Waals surface area contributed by atoms with Crippen molar-refractivity contribution in [3.63, 3.8) is 0 Å². The molecule has 34 heavy (non-hydrogen) atoms. The van der Waals surface area contributed by atoms with Crippen LogP contribution in [0.3, 0.4) is 0 Å². The SMILES string of the molecule is COCC(=O)Nc1cc(N2C(=S)NC(c3ccccn3)C2c2cc(C)n(C)c2C)ccc1OC. The highest BCUT2D eigenvalue weighted by atomic mass is 32.1. The van der Waals surface area contributed by atoms with E-state index in [2.05, 4.69) is 52.0 Å². The van der Waals surface area contributed by atoms with Gasteiger partial charge in [0.1, 0.15) is 12.4 Å². The Kier molecular flexibility index (Phi) is 6.85. The van der Waals surface area contributed by atoms with Gasteiger partial charge in [-0.15, -0.1) is 0 Å². The van der Waals surface area contributed by atoms with Crippen molar-refractivity contribution >= 4 is 34.6 Å². The predicted octanol–water partition coefficient (Wildman–Crippen LogP) is 3.81. The molecule has 1 aliphatic rings. The summed E-state index contributed by atoms with van der Waals surface area (Å²) in [5.74, 6) is 0.286. The zero-order chi connectivity index (χ0) is 24.4. The maximum absolute atomic E-state index is 12.2. The number of rotatable bonds is 7. The lowest BCUT2D eigenvalue weighted by Gasteiger charge is -2.28. The van der Waals surface area contributed by atoms with E-state index in [1.54, 1.807) is 13.3 Å². The number of benzene rings is 1. The first-order chi connectivity index (χ1) is 16.3. The molecule has 1 aromatic carbocycles. The predicted molar refractivity (Wildman–Crippen MR) is 136 cm³/mol. The number of ether oxygens (including phenoxy) is 2. The van der Waals surface area contributed by atoms with Gasteiger partial charge in [0.25, 0.3) is 0 Å². The number of thiocarbonyl (C=S) groups is 1. The second-order valence-corrected chi connectivity index (χ2v) is 8.63. The van der Waals surface area contributed by atoms with E-state index in [0.29, 0.717) is 16.5 Å². The molecule has 4 rings (SSSR count). The molecule has 1 aliphatic heterocycles. The number of amides is 1. The molecule has 0 spiro atoms. The maximum atomic E-state index is 12.2. The minimum Gasteiger partial charge on any atom is -0.495 e. The summed E-state index contributed by atoms with van der Waals surface area (Å²) >= 11 is 5.84. The minimum absolute atomic E-state index is 0.0517. The van der Waals surface area contributed by atoms with Crippen LogP contribution in [0.2, 0.25) is 0 Å². The summed E-state index contributed by atoms with van der Waals surface area (Å²) in [6, 6.07) is 13.4. The molecule has 0 saturated carbocycles. The third-order valence-electron chi connectivity index (χ3n) is 6.24. The van der Waals surface area contributed by atoms with Crippen LogP contribution >= 0.6 is 12.2 Å². The Morgan fingerprint density at radius 3 is 2.62 bits per heavy atom. The summed E-state index contributed by atoms with van der Waals surface area (Å²) in [6.07, 6.45) is 1.79. The van der Waals surface area contributed by atoms with Crippen molar-refractivity contribution in [2.45, 2.75) is 25.9 Å². The Morgan fingerprint density at radius 2 is 2.00 bits per heavy atom. The number of hydrogen-bond donors (Lipinski definition) is 2. The average molecular weight is 480 g/mol. The standard InChI is InChI=1S/C25H29N5O3S/c1-15-12-18(16(2)29(15)3)24-23(19-8-6-7-11-26-19)28-25(34)30(24)17-9-10-21(33-5)20(13-17)27-22(31)14-32-4/h6-13,23-24H,14H2,1-5H3,(H,27,31)(H,28,34). The van der Waals surface area contributed by atoms with E-state index in [4.69, 9.17) is 21.7 Å². The fourth-order valence-electron chi connectivity index (χ4n) is 4.39. The first-order valence-electron chi connectivity index (χ1n) is 11.0. The van der Waals surface area contributed by atoms with Gasteiger partial charge in [0.2, 0.25) is 5.91 Å². The van der Waals surface area contributed by atoms with E-state index in [1.165, 1.54) is 7.11 Å². The Balaban J connectivity index is 1.82. The zero-order valence-electron chi connectivity index (χ0n) is 20.0. The number of carbonyl (C=O) groups is 1. The Hall–Kier alpha value is -3.43. The third kappa shape index (κ3) is 4.36. The van der Waals surface area contributed by atoms with Crippen LogP contribution in [0.4, 0.5) is 11.4 Å². The highest BCUT2D eigenvalue weighted by Crippen LogP contribution is 2.44. The molecular weight excluding hydrogens is 450 g/mol. The molecular formula is C25H29N5O3S. The van der Waals surface area contributed by atoms with Gasteiger partial charge in [0, 0.05) is 37.4 Å². The number of pyridine rings is 1. The lowest BCUT2D eigenvalue weighted by Crippen LogP contribution is -2.29. The van der Waals surface area contributed by atoms with Crippen LogP contribution in [0, 0.1) is 13.8 Å². The van der Waals surface area contributed by atoms with Crippen molar-refractivity contribution < 1.29 is 14.3 Å². The molecule has 8 nitrogen and oxygen atoms in total. The van der Waals surface area contributed by atoms with Gasteiger partial charge < -0.3 is 29.6 Å². The van der Waals surface area contributed by atoms with Gasteiger partial charge in [-0.1, -0.05) is 6.07 Å². The highest BCUT2D eigenvalue weighted by molar-refractivity contribution is 7.80. The zero-order valence-corrected chi connectivity index (χ0v) is 20.8. The van der Waals surface area contributed by atoms with E-state index < -0.39 is 0 Å². The van der Waals surface area contributed by atoms with Gasteiger partial charge in [-0.2, -0.15) is 0 Å². The van der Waals surface area contributed by atoms with Gasteiger partial charge in [-0.25, -0.2) is 0 Å². The number of carbonyl (C=O) groups excluding carboxylic acids is 1. The van der Waals surface area contributed by atoms with Crippen molar-refractivity contribution in [3.05, 3.63) is 71.3 Å². The normalized spacial score (nSPS) is 17.6. The van der Waals surface area contributed by atoms with Gasteiger partial charge >= 0.3 is 0 Å². The quantitative estimate of drug-likeness (QED) is 0.499. The van der Waals surface area contributed by atoms with Crippen LogP contribution < -0.4 is 20.3 Å². The number of nitrogens with one attached hydrogen (secondary N) is 2. The molecule has 2 N–H and O–H groups in total. The Labute approximate surface area is 204 Å². The summed E-state index contributed by atoms with van der Waals surface area (Å²) in [5.41, 5.74) is 5.75. The van der Waals surface area contributed by atoms with Crippen LogP contribution in [0.15, 0.2) is 48.7 Å². The third-order valence-corrected chi connectivity index (χ3v) is 6.56. The number of hydrogen-bond acceptors (Lipinski definition) is 5. The Bertz CT molecular complexity index is 1210. The van der Waals surface area contributed by atoms with Crippen molar-refractivity contribution in [3.8, 4) is 5.75 Å². The summed E-state index contributed by atoms with van der Waals surface area (Å²) in [6.45, 7) is 4.15. The molecule has 1 saturated heterocycles. The molecule has 0 bridgehead atoms. The van der Waals surface area contributed by atoms with Gasteiger partial charge in [-0.3, -0.25) is 9.78 Å². The highest BCUT2D eigenvalue weighted by Gasteiger charge is 2.42.